The van der Waals surface area contributed by atoms with Crippen LogP contribution < -0.4 is 4.65 Å². The van der Waals surface area contributed by atoms with E-state index < -0.39 is 18.9 Å². The van der Waals surface area contributed by atoms with E-state index in [4.69, 9.17) is 4.65 Å². The lowest BCUT2D eigenvalue weighted by molar-refractivity contribution is 0.0693. The zero-order valence-corrected chi connectivity index (χ0v) is 14.8. The van der Waals surface area contributed by atoms with Gasteiger partial charge < -0.3 is 19.4 Å². The van der Waals surface area contributed by atoms with E-state index in [1.165, 1.54) is 6.07 Å². The van der Waals surface area contributed by atoms with Gasteiger partial charge in [-0.2, -0.15) is 0 Å². The fourth-order valence-electron chi connectivity index (χ4n) is 3.62. The number of aromatic carboxylic acids is 1. The topological polar surface area (TPSA) is 88.8 Å². The van der Waals surface area contributed by atoms with Crippen LogP contribution in [0.15, 0.2) is 48.7 Å². The van der Waals surface area contributed by atoms with Gasteiger partial charge in [0.2, 0.25) is 0 Å². The molecular weight excluding hydrogens is 345 g/mol. The number of fused-ring (bicyclic) bond motifs is 2. The highest BCUT2D eigenvalue weighted by Crippen LogP contribution is 2.36. The fourth-order valence-corrected chi connectivity index (χ4v) is 3.62. The minimum Gasteiger partial charge on any atom is -0.535 e. The van der Waals surface area contributed by atoms with Gasteiger partial charge in [0.05, 0.1) is 5.56 Å². The number of para-hydroxylation sites is 1. The first-order valence-corrected chi connectivity index (χ1v) is 8.72. The zero-order chi connectivity index (χ0) is 19.1. The molecule has 27 heavy (non-hydrogen) atoms. The summed E-state index contributed by atoms with van der Waals surface area (Å²) >= 11 is 0. The van der Waals surface area contributed by atoms with Crippen molar-refractivity contribution in [2.24, 2.45) is 7.05 Å². The van der Waals surface area contributed by atoms with Crippen LogP contribution in [-0.4, -0.2) is 33.6 Å². The van der Waals surface area contributed by atoms with Crippen LogP contribution in [0.1, 0.15) is 32.7 Å². The van der Waals surface area contributed by atoms with Crippen LogP contribution in [0.25, 0.3) is 10.9 Å². The van der Waals surface area contributed by atoms with E-state index in [9.17, 15) is 19.7 Å². The van der Waals surface area contributed by atoms with Gasteiger partial charge in [0, 0.05) is 36.6 Å². The number of Topliss-reactive ketones (excluding diaryl/α,β-unsaturated/α-hetero) is 1. The molecule has 0 saturated carbocycles. The number of carbonyl (C=O) groups excluding carboxylic acids is 1. The summed E-state index contributed by atoms with van der Waals surface area (Å²) in [6.07, 6.45) is 2.44. The van der Waals surface area contributed by atoms with Gasteiger partial charge >= 0.3 is 13.1 Å². The van der Waals surface area contributed by atoms with Gasteiger partial charge in [-0.15, -0.1) is 0 Å². The van der Waals surface area contributed by atoms with Gasteiger partial charge in [-0.05, 0) is 35.6 Å². The lowest BCUT2D eigenvalue weighted by atomic mass is 9.64. The molecule has 1 aliphatic heterocycles. The predicted octanol–water partition coefficient (Wildman–Crippen LogP) is 2.94. The Bertz CT molecular complexity index is 1060. The number of nitrogens with zero attached hydrogens (tertiary/aromatic N) is 1. The van der Waals surface area contributed by atoms with Crippen LogP contribution in [0.5, 0.6) is 5.75 Å². The summed E-state index contributed by atoms with van der Waals surface area (Å²) in [7, 11) is 0.701. The van der Waals surface area contributed by atoms with E-state index in [1.807, 2.05) is 36.0 Å². The predicted molar refractivity (Wildman–Crippen MR) is 101 cm³/mol. The number of benzene rings is 2. The second kappa shape index (κ2) is 6.59. The fraction of sp³-hybridized carbons (Fsp3) is 0.200. The first-order valence-electron chi connectivity index (χ1n) is 8.72. The quantitative estimate of drug-likeness (QED) is 0.550. The van der Waals surface area contributed by atoms with Crippen LogP contribution >= 0.6 is 0 Å². The highest BCUT2D eigenvalue weighted by molar-refractivity contribution is 6.47. The normalized spacial score (nSPS) is 16.1. The SMILES string of the molecule is Cn1ccc2ccc(C(=O)C[C@H]3Cc4cccc(C(=O)O)c4OB3O)cc21. The molecule has 0 fully saturated rings. The Kier molecular flexibility index (Phi) is 4.24. The molecule has 136 valence electrons. The Morgan fingerprint density at radius 1 is 1.26 bits per heavy atom. The Balaban J connectivity index is 1.57. The van der Waals surface area contributed by atoms with Crippen molar-refractivity contribution in [1.82, 2.24) is 4.57 Å². The Morgan fingerprint density at radius 2 is 2.07 bits per heavy atom. The van der Waals surface area contributed by atoms with Gasteiger partial charge in [-0.1, -0.05) is 24.3 Å². The van der Waals surface area contributed by atoms with Gasteiger partial charge in [0.25, 0.3) is 0 Å². The molecule has 0 unspecified atom stereocenters. The molecule has 1 atom stereocenters. The number of carboxylic acid groups (broad SMARTS) is 1. The molecule has 3 aromatic rings. The maximum Gasteiger partial charge on any atom is 0.526 e. The average Bonchev–Trinajstić information content (AvgIpc) is 3.02. The molecular formula is C20H18BNO5. The molecule has 0 bridgehead atoms. The molecule has 0 saturated heterocycles. The van der Waals surface area contributed by atoms with Crippen molar-refractivity contribution in [3.8, 4) is 5.75 Å². The number of aryl methyl sites for hydroxylation is 1. The largest absolute Gasteiger partial charge is 0.535 e. The van der Waals surface area contributed by atoms with E-state index in [1.54, 1.807) is 18.2 Å². The second-order valence-corrected chi connectivity index (χ2v) is 6.90. The number of aromatic nitrogens is 1. The van der Waals surface area contributed by atoms with Crippen LogP contribution in [-0.2, 0) is 13.5 Å². The molecule has 0 spiro atoms. The van der Waals surface area contributed by atoms with E-state index in [-0.39, 0.29) is 23.5 Å². The molecule has 2 heterocycles. The highest BCUT2D eigenvalue weighted by atomic mass is 16.5. The summed E-state index contributed by atoms with van der Waals surface area (Å²) in [5, 5.41) is 20.6. The first kappa shape index (κ1) is 17.4. The summed E-state index contributed by atoms with van der Waals surface area (Å²) in [5.41, 5.74) is 2.26. The molecule has 0 amide bonds. The molecule has 6 nitrogen and oxygen atoms in total. The van der Waals surface area contributed by atoms with E-state index in [0.29, 0.717) is 17.5 Å². The molecule has 2 aromatic carbocycles. The third-order valence-corrected chi connectivity index (χ3v) is 5.11. The standard InChI is InChI=1S/C20H18BNO5/c1-22-8-7-12-5-6-13(10-17(12)22)18(23)11-15-9-14-3-2-4-16(20(24)25)19(14)27-21(15)26/h2-8,10,15,26H,9,11H2,1H3,(H,24,25)/t15-/m1/s1. The maximum absolute atomic E-state index is 12.8. The maximum atomic E-state index is 12.8. The number of rotatable bonds is 4. The lowest BCUT2D eigenvalue weighted by Crippen LogP contribution is -2.35. The van der Waals surface area contributed by atoms with Crippen molar-refractivity contribution in [2.75, 3.05) is 0 Å². The minimum atomic E-state index is -1.22. The Hall–Kier alpha value is -3.06. The third kappa shape index (κ3) is 3.10. The van der Waals surface area contributed by atoms with Crippen LogP contribution in [0, 0.1) is 0 Å². The Labute approximate surface area is 156 Å². The van der Waals surface area contributed by atoms with Crippen molar-refractivity contribution < 1.29 is 24.4 Å². The van der Waals surface area contributed by atoms with Crippen molar-refractivity contribution >= 4 is 29.8 Å². The number of hydrogen-bond acceptors (Lipinski definition) is 4. The van der Waals surface area contributed by atoms with E-state index in [2.05, 4.69) is 0 Å². The first-order chi connectivity index (χ1) is 12.9. The summed E-state index contributed by atoms with van der Waals surface area (Å²) in [6.45, 7) is 0. The average molecular weight is 363 g/mol. The van der Waals surface area contributed by atoms with Crippen molar-refractivity contribution in [2.45, 2.75) is 18.7 Å². The van der Waals surface area contributed by atoms with Crippen LogP contribution in [0.4, 0.5) is 0 Å². The van der Waals surface area contributed by atoms with Gasteiger partial charge in [-0.25, -0.2) is 4.79 Å². The number of ketones is 1. The van der Waals surface area contributed by atoms with Crippen LogP contribution in [0.2, 0.25) is 5.82 Å². The van der Waals surface area contributed by atoms with Crippen molar-refractivity contribution in [1.29, 1.82) is 0 Å². The minimum absolute atomic E-state index is 0.0190. The van der Waals surface area contributed by atoms with Gasteiger partial charge in [0.15, 0.2) is 5.78 Å². The molecule has 1 aromatic heterocycles. The lowest BCUT2D eigenvalue weighted by Gasteiger charge is -2.28. The molecule has 0 aliphatic carbocycles. The van der Waals surface area contributed by atoms with Crippen LogP contribution in [0.3, 0.4) is 0 Å². The molecule has 2 N–H and O–H groups in total. The molecule has 0 radical (unpaired) electrons. The summed E-state index contributed by atoms with van der Waals surface area (Å²) < 4.78 is 7.42. The van der Waals surface area contributed by atoms with Gasteiger partial charge in [-0.3, -0.25) is 4.79 Å². The Morgan fingerprint density at radius 3 is 2.85 bits per heavy atom. The third-order valence-electron chi connectivity index (χ3n) is 5.11. The molecule has 7 heteroatoms. The number of carbonyl (C=O) groups is 2. The second-order valence-electron chi connectivity index (χ2n) is 6.90. The molecule has 1 aliphatic rings. The van der Waals surface area contributed by atoms with E-state index in [0.717, 1.165) is 10.9 Å². The zero-order valence-electron chi connectivity index (χ0n) is 14.8. The summed E-state index contributed by atoms with van der Waals surface area (Å²) in [5.74, 6) is -1.43. The smallest absolute Gasteiger partial charge is 0.526 e. The van der Waals surface area contributed by atoms with Crippen molar-refractivity contribution in [3.05, 3.63) is 65.4 Å². The van der Waals surface area contributed by atoms with Crippen molar-refractivity contribution in [3.63, 3.8) is 0 Å². The number of carboxylic acids is 1. The van der Waals surface area contributed by atoms with E-state index >= 15 is 0 Å². The highest BCUT2D eigenvalue weighted by Gasteiger charge is 2.37. The molecule has 4 rings (SSSR count). The van der Waals surface area contributed by atoms with Gasteiger partial charge in [0.1, 0.15) is 5.75 Å². The monoisotopic (exact) mass is 363 g/mol. The summed E-state index contributed by atoms with van der Waals surface area (Å²) in [4.78, 5) is 24.1. The summed E-state index contributed by atoms with van der Waals surface area (Å²) in [6, 6.07) is 12.4. The number of hydrogen-bond donors (Lipinski definition) is 2.